The summed E-state index contributed by atoms with van der Waals surface area (Å²) in [7, 11) is 0. The van der Waals surface area contributed by atoms with Gasteiger partial charge < -0.3 is 5.73 Å². The fourth-order valence-electron chi connectivity index (χ4n) is 2.06. The number of fused-ring (bicyclic) bond motifs is 1. The van der Waals surface area contributed by atoms with Crippen LogP contribution in [0.1, 0.15) is 5.69 Å². The molecular weight excluding hydrogens is 224 g/mol. The number of hydrogen-bond donors (Lipinski definition) is 1. The van der Waals surface area contributed by atoms with Crippen molar-refractivity contribution in [3.8, 4) is 11.1 Å². The first-order chi connectivity index (χ1) is 8.88. The van der Waals surface area contributed by atoms with Gasteiger partial charge in [0.05, 0.1) is 5.69 Å². The van der Waals surface area contributed by atoms with Gasteiger partial charge in [-0.2, -0.15) is 0 Å². The molecule has 2 aromatic heterocycles. The third-order valence-corrected chi connectivity index (χ3v) is 2.90. The van der Waals surface area contributed by atoms with Gasteiger partial charge in [0, 0.05) is 24.4 Å². The molecule has 2 heterocycles. The molecule has 0 saturated heterocycles. The van der Waals surface area contributed by atoms with Crippen molar-refractivity contribution in [2.45, 2.75) is 6.42 Å². The molecule has 4 nitrogen and oxygen atoms in total. The number of rotatable bonds is 3. The van der Waals surface area contributed by atoms with Gasteiger partial charge in [-0.15, -0.1) is 0 Å². The van der Waals surface area contributed by atoms with Gasteiger partial charge in [0.15, 0.2) is 0 Å². The number of benzene rings is 1. The summed E-state index contributed by atoms with van der Waals surface area (Å²) in [6.07, 6.45) is 6.40. The van der Waals surface area contributed by atoms with E-state index in [1.807, 2.05) is 35.0 Å². The Morgan fingerprint density at radius 3 is 2.78 bits per heavy atom. The van der Waals surface area contributed by atoms with E-state index in [4.69, 9.17) is 5.73 Å². The summed E-state index contributed by atoms with van der Waals surface area (Å²) in [5.74, 6) is 0. The minimum Gasteiger partial charge on any atom is -0.330 e. The summed E-state index contributed by atoms with van der Waals surface area (Å²) in [6.45, 7) is 0.609. The fraction of sp³-hybridized carbons (Fsp3) is 0.143. The molecule has 4 heteroatoms. The van der Waals surface area contributed by atoms with E-state index >= 15 is 0 Å². The Morgan fingerprint density at radius 1 is 1.17 bits per heavy atom. The highest BCUT2D eigenvalue weighted by Crippen LogP contribution is 2.22. The quantitative estimate of drug-likeness (QED) is 0.758. The molecule has 0 spiro atoms. The standard InChI is InChI=1S/C14H14N4/c15-7-6-12-9-18-10-16-8-13(14(18)17-12)11-4-2-1-3-5-11/h1-5,8-10H,6-7,15H2. The highest BCUT2D eigenvalue weighted by atomic mass is 15.0. The maximum atomic E-state index is 5.57. The van der Waals surface area contributed by atoms with Crippen LogP contribution >= 0.6 is 0 Å². The van der Waals surface area contributed by atoms with E-state index in [1.165, 1.54) is 0 Å². The second kappa shape index (κ2) is 4.58. The van der Waals surface area contributed by atoms with Gasteiger partial charge in [-0.25, -0.2) is 9.97 Å². The fourth-order valence-corrected chi connectivity index (χ4v) is 2.06. The minimum absolute atomic E-state index is 0.609. The van der Waals surface area contributed by atoms with E-state index in [0.717, 1.165) is 28.9 Å². The van der Waals surface area contributed by atoms with Crippen LogP contribution < -0.4 is 5.73 Å². The van der Waals surface area contributed by atoms with Gasteiger partial charge in [-0.1, -0.05) is 30.3 Å². The zero-order chi connectivity index (χ0) is 12.4. The number of nitrogens with two attached hydrogens (primary N) is 1. The molecule has 1 aromatic carbocycles. The molecule has 3 aromatic rings. The van der Waals surface area contributed by atoms with Gasteiger partial charge in [-0.05, 0) is 12.1 Å². The molecule has 0 bridgehead atoms. The molecule has 0 unspecified atom stereocenters. The monoisotopic (exact) mass is 238 g/mol. The van der Waals surface area contributed by atoms with Crippen LogP contribution in [0.3, 0.4) is 0 Å². The Hall–Kier alpha value is -2.20. The van der Waals surface area contributed by atoms with E-state index in [1.54, 1.807) is 6.33 Å². The summed E-state index contributed by atoms with van der Waals surface area (Å²) in [5, 5.41) is 0. The lowest BCUT2D eigenvalue weighted by atomic mass is 10.1. The van der Waals surface area contributed by atoms with Gasteiger partial charge >= 0.3 is 0 Å². The zero-order valence-electron chi connectivity index (χ0n) is 9.95. The maximum Gasteiger partial charge on any atom is 0.147 e. The number of imidazole rings is 1. The van der Waals surface area contributed by atoms with Crippen molar-refractivity contribution >= 4 is 5.65 Å². The van der Waals surface area contributed by atoms with Crippen molar-refractivity contribution in [2.75, 3.05) is 6.54 Å². The molecular formula is C14H14N4. The van der Waals surface area contributed by atoms with E-state index in [0.29, 0.717) is 6.54 Å². The minimum atomic E-state index is 0.609. The van der Waals surface area contributed by atoms with Crippen LogP contribution in [0.2, 0.25) is 0 Å². The molecule has 3 rings (SSSR count). The van der Waals surface area contributed by atoms with Crippen LogP contribution in [0.25, 0.3) is 16.8 Å². The third kappa shape index (κ3) is 1.87. The summed E-state index contributed by atoms with van der Waals surface area (Å²) in [5.41, 5.74) is 9.67. The number of hydrogen-bond acceptors (Lipinski definition) is 3. The summed E-state index contributed by atoms with van der Waals surface area (Å²) in [4.78, 5) is 8.88. The Kier molecular flexibility index (Phi) is 2.78. The molecule has 0 fully saturated rings. The first kappa shape index (κ1) is 10.9. The Morgan fingerprint density at radius 2 is 2.00 bits per heavy atom. The SMILES string of the molecule is NCCc1cn2cncc(-c3ccccc3)c2n1. The lowest BCUT2D eigenvalue weighted by Gasteiger charge is -2.02. The van der Waals surface area contributed by atoms with Crippen LogP contribution in [0.4, 0.5) is 0 Å². The normalized spacial score (nSPS) is 10.9. The van der Waals surface area contributed by atoms with Crippen LogP contribution in [-0.2, 0) is 6.42 Å². The van der Waals surface area contributed by atoms with Crippen LogP contribution in [0, 0.1) is 0 Å². The summed E-state index contributed by atoms with van der Waals surface area (Å²) in [6, 6.07) is 10.2. The van der Waals surface area contributed by atoms with Gasteiger partial charge in [0.2, 0.25) is 0 Å². The molecule has 0 radical (unpaired) electrons. The summed E-state index contributed by atoms with van der Waals surface area (Å²) >= 11 is 0. The predicted molar refractivity (Wildman–Crippen MR) is 71.2 cm³/mol. The van der Waals surface area contributed by atoms with Crippen molar-refractivity contribution in [1.29, 1.82) is 0 Å². The van der Waals surface area contributed by atoms with E-state index in [2.05, 4.69) is 22.1 Å². The average Bonchev–Trinajstić information content (AvgIpc) is 2.82. The van der Waals surface area contributed by atoms with Crippen molar-refractivity contribution < 1.29 is 0 Å². The molecule has 0 amide bonds. The topological polar surface area (TPSA) is 56.2 Å². The molecule has 0 aliphatic heterocycles. The van der Waals surface area contributed by atoms with Gasteiger partial charge in [-0.3, -0.25) is 4.40 Å². The lowest BCUT2D eigenvalue weighted by molar-refractivity contribution is 0.936. The van der Waals surface area contributed by atoms with Crippen molar-refractivity contribution in [3.63, 3.8) is 0 Å². The molecule has 0 atom stereocenters. The largest absolute Gasteiger partial charge is 0.330 e. The lowest BCUT2D eigenvalue weighted by Crippen LogP contribution is -2.02. The Bertz CT molecular complexity index is 658. The molecule has 18 heavy (non-hydrogen) atoms. The molecule has 90 valence electrons. The van der Waals surface area contributed by atoms with Crippen molar-refractivity contribution in [2.24, 2.45) is 5.73 Å². The Labute approximate surface area is 105 Å². The second-order valence-electron chi connectivity index (χ2n) is 4.18. The molecule has 0 aliphatic rings. The van der Waals surface area contributed by atoms with Crippen LogP contribution in [-0.4, -0.2) is 20.9 Å². The number of aromatic nitrogens is 3. The smallest absolute Gasteiger partial charge is 0.147 e. The number of nitrogens with zero attached hydrogens (tertiary/aromatic N) is 3. The molecule has 2 N–H and O–H groups in total. The van der Waals surface area contributed by atoms with E-state index in [9.17, 15) is 0 Å². The van der Waals surface area contributed by atoms with E-state index in [-0.39, 0.29) is 0 Å². The highest BCUT2D eigenvalue weighted by molar-refractivity contribution is 5.76. The molecule has 0 aliphatic carbocycles. The Balaban J connectivity index is 2.17. The van der Waals surface area contributed by atoms with Crippen LogP contribution in [0.15, 0.2) is 49.1 Å². The van der Waals surface area contributed by atoms with Gasteiger partial charge in [0.1, 0.15) is 12.0 Å². The van der Waals surface area contributed by atoms with Gasteiger partial charge in [0.25, 0.3) is 0 Å². The average molecular weight is 238 g/mol. The van der Waals surface area contributed by atoms with E-state index < -0.39 is 0 Å². The maximum absolute atomic E-state index is 5.57. The van der Waals surface area contributed by atoms with Crippen LogP contribution in [0.5, 0.6) is 0 Å². The van der Waals surface area contributed by atoms with Crippen molar-refractivity contribution in [1.82, 2.24) is 14.4 Å². The second-order valence-corrected chi connectivity index (χ2v) is 4.18. The predicted octanol–water partition coefficient (Wildman–Crippen LogP) is 1.90. The highest BCUT2D eigenvalue weighted by Gasteiger charge is 2.07. The zero-order valence-corrected chi connectivity index (χ0v) is 9.95. The molecule has 0 saturated carbocycles. The first-order valence-electron chi connectivity index (χ1n) is 5.95. The first-order valence-corrected chi connectivity index (χ1v) is 5.95. The third-order valence-electron chi connectivity index (χ3n) is 2.90. The summed E-state index contributed by atoms with van der Waals surface area (Å²) < 4.78 is 1.95. The van der Waals surface area contributed by atoms with Crippen molar-refractivity contribution in [3.05, 3.63) is 54.7 Å².